The van der Waals surface area contributed by atoms with E-state index in [1.807, 2.05) is 120 Å². The monoisotopic (exact) mass is 1710 g/mol. The molecule has 20 rings (SSSR count). The predicted octanol–water partition coefficient (Wildman–Crippen LogP) is 10.6. The number of carbonyl (C=O) groups is 4. The van der Waals surface area contributed by atoms with E-state index < -0.39 is 24.7 Å². The standard InChI is InChI=1S/C23H24FN7O.C22H22FN7O2.C22H22FN7O.C21H21FN8O/c1-14-8-15(2)26-19(9-14)18-12-25-29(3)22(18)20(32)10-16-4-7-31-21(11-16)27-23(28-31)30-6-5-17(24)13-30;1-28-21(17(12-25-28)18-11-16(32-2)3-6-24-18)19(31)9-14-4-8-30-20(10-14)26-22(27-30)29-7-5-15(23)13-29;1-14-3-6-24-18(9-14)17-12-25-28(2)21(17)19(31)10-15-4-8-30-20(11-15)26-22(27-30)29-7-5-16(23)13-29;1-13-9-23-11-17(25-13)16-10-24-28(2)20(16)18(31)7-14-3-6-30-19(8-14)26-21(27-30)29-5-4-15(22)12-29/h4,7-9,11-12,17H,5-6,10,13H2,1-3H3;3-4,6,8,10-12,15H,5,7,9,13H2,1-2H3;3-4,6,8-9,11-12,16H,5,7,10,13H2,1-2H3;3,6,8-11,15H,4-5,7,12H2,1-2H3/t17-;15-;16-;15-/m0000/s1. The summed E-state index contributed by atoms with van der Waals surface area (Å²) in [6, 6.07) is 26.1. The molecule has 0 N–H and O–H groups in total. The fourth-order valence-corrected chi connectivity index (χ4v) is 16.1. The Balaban J connectivity index is 0.000000119. The van der Waals surface area contributed by atoms with Gasteiger partial charge in [-0.2, -0.15) is 40.3 Å². The molecule has 16 aromatic rings. The van der Waals surface area contributed by atoms with Gasteiger partial charge in [-0.05, 0) is 166 Å². The highest BCUT2D eigenvalue weighted by Crippen LogP contribution is 2.32. The van der Waals surface area contributed by atoms with Crippen molar-refractivity contribution < 1.29 is 41.5 Å². The minimum Gasteiger partial charge on any atom is -0.497 e. The maximum Gasteiger partial charge on any atom is 0.245 e. The van der Waals surface area contributed by atoms with Gasteiger partial charge < -0.3 is 24.3 Å². The summed E-state index contributed by atoms with van der Waals surface area (Å²) in [5.74, 6) is 2.43. The molecular weight excluding hydrogens is 1620 g/mol. The molecule has 34 nitrogen and oxygen atoms in total. The van der Waals surface area contributed by atoms with E-state index in [1.165, 1.54) is 0 Å². The molecule has 16 aromatic heterocycles. The number of rotatable bonds is 21. The van der Waals surface area contributed by atoms with Crippen LogP contribution >= 0.6 is 0 Å². The van der Waals surface area contributed by atoms with Gasteiger partial charge in [-0.15, -0.1) is 20.4 Å². The number of alkyl halides is 4. The number of methoxy groups -OCH3 is 1. The van der Waals surface area contributed by atoms with E-state index in [-0.39, 0.29) is 48.8 Å². The first-order chi connectivity index (χ1) is 60.8. The summed E-state index contributed by atoms with van der Waals surface area (Å²) in [6.45, 7) is 11.5. The average molecular weight is 1710 g/mol. The number of hydrogen-bond donors (Lipinski definition) is 0. The van der Waals surface area contributed by atoms with E-state index in [9.17, 15) is 36.7 Å². The normalized spacial score (nSPS) is 16.3. The SMILES string of the molecule is COc1ccnc(-c2cnn(C)c2C(=O)Cc2ccn3nc(N4CC[C@H](F)C4)nc3c2)c1.Cc1cc(C)nc(-c2cnn(C)c2C(=O)Cc2ccn3nc(N4CC[C@H](F)C4)nc3c2)c1.Cc1ccnc(-c2cnn(C)c2C(=O)Cc2ccn3nc(N4CC[C@H](F)C4)nc3c2)c1.Cc1cncc(-c2cnn(C)c2C(=O)Cc2ccn3nc(N4CC[C@H](F)C4)nc3c2)n1. The summed E-state index contributed by atoms with van der Waals surface area (Å²) < 4.78 is 72.3. The second-order valence-corrected chi connectivity index (χ2v) is 31.9. The number of fused-ring (bicyclic) bond motifs is 4. The van der Waals surface area contributed by atoms with Crippen LogP contribution in [0.4, 0.5) is 41.4 Å². The fraction of sp³-hybridized carbons (Fsp3) is 0.330. The Kier molecular flexibility index (Phi) is 23.6. The van der Waals surface area contributed by atoms with Gasteiger partial charge in [-0.1, -0.05) is 0 Å². The molecule has 0 bridgehead atoms. The number of ether oxygens (including phenoxy) is 1. The van der Waals surface area contributed by atoms with Crippen LogP contribution in [0.1, 0.15) is 112 Å². The predicted molar refractivity (Wildman–Crippen MR) is 460 cm³/mol. The fourth-order valence-electron chi connectivity index (χ4n) is 16.1. The van der Waals surface area contributed by atoms with Gasteiger partial charge >= 0.3 is 0 Å². The molecule has 0 saturated carbocycles. The summed E-state index contributed by atoms with van der Waals surface area (Å²) in [5.41, 5.74) is 17.0. The number of aryl methyl sites for hydroxylation is 8. The van der Waals surface area contributed by atoms with E-state index in [1.54, 1.807) is 159 Å². The van der Waals surface area contributed by atoms with Gasteiger partial charge in [0.05, 0.1) is 98.3 Å². The van der Waals surface area contributed by atoms with E-state index in [4.69, 9.17) is 4.74 Å². The lowest BCUT2D eigenvalue weighted by Gasteiger charge is -2.10. The maximum absolute atomic E-state index is 13.5. The van der Waals surface area contributed by atoms with Gasteiger partial charge in [0.25, 0.3) is 0 Å². The number of nitrogens with zero attached hydrogens (tertiary/aromatic N) is 29. The Morgan fingerprint density at radius 1 is 0.365 bits per heavy atom. The second-order valence-electron chi connectivity index (χ2n) is 31.9. The Hall–Kier alpha value is -14.8. The van der Waals surface area contributed by atoms with Crippen LogP contribution in [0, 0.1) is 27.7 Å². The van der Waals surface area contributed by atoms with Crippen LogP contribution in [0.3, 0.4) is 0 Å². The number of halogens is 4. The molecule has 0 aliphatic carbocycles. The Morgan fingerprint density at radius 3 is 1.02 bits per heavy atom. The first-order valence-electron chi connectivity index (χ1n) is 41.2. The minimum absolute atomic E-state index is 0.0511. The number of carbonyl (C=O) groups excluding carboxylic acids is 4. The molecule has 0 spiro atoms. The zero-order valence-electron chi connectivity index (χ0n) is 70.7. The zero-order chi connectivity index (χ0) is 87.7. The van der Waals surface area contributed by atoms with Crippen molar-refractivity contribution in [1.82, 2.24) is 122 Å². The van der Waals surface area contributed by atoms with Crippen molar-refractivity contribution in [3.05, 3.63) is 227 Å². The quantitative estimate of drug-likeness (QED) is 0.0476. The summed E-state index contributed by atoms with van der Waals surface area (Å²) in [5, 5.41) is 34.8. The Morgan fingerprint density at radius 2 is 0.690 bits per heavy atom. The molecule has 4 aliphatic rings. The average Bonchev–Trinajstić information content (AvgIpc) is 1.65. The summed E-state index contributed by atoms with van der Waals surface area (Å²) in [4.78, 5) is 100. The lowest BCUT2D eigenvalue weighted by molar-refractivity contribution is 0.0976. The van der Waals surface area contributed by atoms with Gasteiger partial charge in [-0.25, -0.2) is 40.6 Å². The molecule has 126 heavy (non-hydrogen) atoms. The highest BCUT2D eigenvalue weighted by atomic mass is 19.1. The van der Waals surface area contributed by atoms with Gasteiger partial charge in [-0.3, -0.25) is 57.8 Å². The highest BCUT2D eigenvalue weighted by molar-refractivity contribution is 6.04. The lowest BCUT2D eigenvalue weighted by Crippen LogP contribution is -2.21. The van der Waals surface area contributed by atoms with Crippen molar-refractivity contribution in [2.45, 2.75) is 104 Å². The molecule has 4 atom stereocenters. The molecule has 4 fully saturated rings. The zero-order valence-corrected chi connectivity index (χ0v) is 70.7. The van der Waals surface area contributed by atoms with Crippen LogP contribution in [-0.4, -0.2) is 230 Å². The highest BCUT2D eigenvalue weighted by Gasteiger charge is 2.32. The first kappa shape index (κ1) is 83.5. The number of hydrogen-bond acceptors (Lipinski definition) is 26. The van der Waals surface area contributed by atoms with Crippen LogP contribution in [0.2, 0.25) is 0 Å². The van der Waals surface area contributed by atoms with Crippen molar-refractivity contribution in [3.63, 3.8) is 0 Å². The van der Waals surface area contributed by atoms with Gasteiger partial charge in [0.1, 0.15) is 53.2 Å². The Labute approximate surface area is 718 Å². The van der Waals surface area contributed by atoms with Crippen LogP contribution in [0.5, 0.6) is 5.75 Å². The molecular formula is C88H89F4N29O5. The third-order valence-electron chi connectivity index (χ3n) is 22.3. The molecule has 0 aromatic carbocycles. The minimum atomic E-state index is -0.845. The lowest BCUT2D eigenvalue weighted by atomic mass is 10.0. The molecule has 4 saturated heterocycles. The summed E-state index contributed by atoms with van der Waals surface area (Å²) >= 11 is 0. The van der Waals surface area contributed by atoms with E-state index >= 15 is 0 Å². The molecule has 4 aliphatic heterocycles. The molecule has 0 amide bonds. The van der Waals surface area contributed by atoms with Gasteiger partial charge in [0, 0.05) is 152 Å². The van der Waals surface area contributed by atoms with Crippen molar-refractivity contribution in [2.24, 2.45) is 28.2 Å². The smallest absolute Gasteiger partial charge is 0.245 e. The van der Waals surface area contributed by atoms with Gasteiger partial charge in [0.15, 0.2) is 45.7 Å². The van der Waals surface area contributed by atoms with E-state index in [0.717, 1.165) is 67.3 Å². The molecule has 20 heterocycles. The van der Waals surface area contributed by atoms with Crippen LogP contribution in [0.25, 0.3) is 67.6 Å². The van der Waals surface area contributed by atoms with Crippen molar-refractivity contribution in [3.8, 4) is 50.8 Å². The number of Topliss-reactive ketones (excluding diaryl/α,β-unsaturated/α-hetero) is 4. The van der Waals surface area contributed by atoms with Crippen LogP contribution in [0.15, 0.2) is 159 Å². The number of anilines is 4. The van der Waals surface area contributed by atoms with Crippen molar-refractivity contribution >= 4 is 69.5 Å². The van der Waals surface area contributed by atoms with Crippen LogP contribution in [-0.2, 0) is 53.9 Å². The Bertz CT molecular complexity index is 6560. The first-order valence-corrected chi connectivity index (χ1v) is 41.2. The number of pyridine rings is 7. The largest absolute Gasteiger partial charge is 0.497 e. The second kappa shape index (κ2) is 35.6. The molecule has 644 valence electrons. The van der Waals surface area contributed by atoms with Crippen LogP contribution < -0.4 is 24.3 Å². The number of ketones is 4. The van der Waals surface area contributed by atoms with E-state index in [0.29, 0.717) is 175 Å². The molecule has 0 radical (unpaired) electrons. The van der Waals surface area contributed by atoms with Crippen molar-refractivity contribution in [2.75, 3.05) is 79.1 Å². The van der Waals surface area contributed by atoms with Gasteiger partial charge in [0.2, 0.25) is 23.8 Å². The van der Waals surface area contributed by atoms with Crippen molar-refractivity contribution in [1.29, 1.82) is 0 Å². The maximum atomic E-state index is 13.5. The topological polar surface area (TPSA) is 347 Å². The molecule has 38 heteroatoms. The third-order valence-corrected chi connectivity index (χ3v) is 22.3. The van der Waals surface area contributed by atoms with E-state index in [2.05, 4.69) is 85.6 Å². The summed E-state index contributed by atoms with van der Waals surface area (Å²) in [6.07, 6.45) is 19.8. The molecule has 0 unspecified atom stereocenters. The summed E-state index contributed by atoms with van der Waals surface area (Å²) in [7, 11) is 8.58. The third kappa shape index (κ3) is 18.2. The number of aromatic nitrogens is 25.